The average Bonchev–Trinajstić information content (AvgIpc) is 2.95. The first-order valence-electron chi connectivity index (χ1n) is 7.78. The number of benzene rings is 1. The molecule has 0 radical (unpaired) electrons. The molecule has 1 heterocycles. The number of ether oxygens (including phenoxy) is 2. The van der Waals surface area contributed by atoms with Gasteiger partial charge in [0.25, 0.3) is 0 Å². The van der Waals surface area contributed by atoms with Gasteiger partial charge in [0.05, 0.1) is 31.1 Å². The number of rotatable bonds is 9. The minimum atomic E-state index is -0.585. The summed E-state index contributed by atoms with van der Waals surface area (Å²) in [7, 11) is 0. The number of anilines is 2. The fraction of sp³-hybridized carbons (Fsp3) is 0.438. The fourth-order valence-electron chi connectivity index (χ4n) is 2.30. The lowest BCUT2D eigenvalue weighted by atomic mass is 10.2. The molecule has 1 aliphatic rings. The molecule has 1 aromatic rings. The van der Waals surface area contributed by atoms with Crippen molar-refractivity contribution < 1.29 is 28.2 Å². The Balaban J connectivity index is 1.92. The molecule has 0 spiro atoms. The average molecular weight is 353 g/mol. The van der Waals surface area contributed by atoms with Crippen LogP contribution in [-0.2, 0) is 19.1 Å². The van der Waals surface area contributed by atoms with E-state index in [1.54, 1.807) is 6.07 Å². The Bertz CT molecular complexity index is 640. The van der Waals surface area contributed by atoms with Crippen molar-refractivity contribution >= 4 is 29.7 Å². The molecule has 1 aromatic carbocycles. The smallest absolute Gasteiger partial charge is 0.414 e. The van der Waals surface area contributed by atoms with E-state index in [9.17, 15) is 18.8 Å². The van der Waals surface area contributed by atoms with Gasteiger partial charge in [-0.05, 0) is 18.2 Å². The van der Waals surface area contributed by atoms with Gasteiger partial charge in [-0.3, -0.25) is 9.69 Å². The van der Waals surface area contributed by atoms with Crippen LogP contribution < -0.4 is 15.5 Å². The Morgan fingerprint density at radius 3 is 3.00 bits per heavy atom. The van der Waals surface area contributed by atoms with Crippen molar-refractivity contribution in [2.45, 2.75) is 13.0 Å². The Hall–Kier alpha value is -2.68. The molecule has 9 heteroatoms. The van der Waals surface area contributed by atoms with E-state index in [0.29, 0.717) is 18.5 Å². The lowest BCUT2D eigenvalue weighted by molar-refractivity contribution is -0.119. The Morgan fingerprint density at radius 2 is 2.32 bits per heavy atom. The monoisotopic (exact) mass is 353 g/mol. The Labute approximate surface area is 144 Å². The molecular weight excluding hydrogens is 333 g/mol. The van der Waals surface area contributed by atoms with E-state index in [4.69, 9.17) is 9.47 Å². The zero-order chi connectivity index (χ0) is 18.2. The molecule has 1 aliphatic heterocycles. The van der Waals surface area contributed by atoms with Crippen molar-refractivity contribution in [2.75, 3.05) is 43.1 Å². The highest BCUT2D eigenvalue weighted by Gasteiger charge is 2.32. The van der Waals surface area contributed by atoms with E-state index in [-0.39, 0.29) is 37.9 Å². The summed E-state index contributed by atoms with van der Waals surface area (Å²) in [5.74, 6) is -0.737. The van der Waals surface area contributed by atoms with E-state index >= 15 is 0 Å². The van der Waals surface area contributed by atoms with Crippen LogP contribution in [0.2, 0.25) is 0 Å². The maximum Gasteiger partial charge on any atom is 0.414 e. The molecule has 0 unspecified atom stereocenters. The molecule has 0 aromatic heterocycles. The summed E-state index contributed by atoms with van der Waals surface area (Å²) < 4.78 is 24.3. The van der Waals surface area contributed by atoms with Gasteiger partial charge in [0, 0.05) is 13.5 Å². The molecule has 25 heavy (non-hydrogen) atoms. The number of halogens is 1. The molecule has 1 fully saturated rings. The van der Waals surface area contributed by atoms with Crippen molar-refractivity contribution in [1.82, 2.24) is 5.32 Å². The van der Waals surface area contributed by atoms with Crippen molar-refractivity contribution in [1.29, 1.82) is 0 Å². The predicted molar refractivity (Wildman–Crippen MR) is 88.1 cm³/mol. The van der Waals surface area contributed by atoms with Gasteiger partial charge in [-0.25, -0.2) is 9.18 Å². The first-order valence-corrected chi connectivity index (χ1v) is 7.78. The van der Waals surface area contributed by atoms with Crippen LogP contribution in [-0.4, -0.2) is 57.2 Å². The number of carbonyl (C=O) groups excluding carboxylic acids is 3. The molecular formula is C16H20FN3O5. The van der Waals surface area contributed by atoms with Gasteiger partial charge in [0.2, 0.25) is 5.91 Å². The van der Waals surface area contributed by atoms with Gasteiger partial charge in [-0.1, -0.05) is 0 Å². The van der Waals surface area contributed by atoms with Crippen LogP contribution in [0.1, 0.15) is 6.92 Å². The van der Waals surface area contributed by atoms with E-state index in [1.165, 1.54) is 24.0 Å². The molecule has 0 saturated carbocycles. The molecule has 2 rings (SSSR count). The molecule has 1 atom stereocenters. The second-order valence-electron chi connectivity index (χ2n) is 5.39. The van der Waals surface area contributed by atoms with E-state index in [2.05, 4.69) is 10.6 Å². The van der Waals surface area contributed by atoms with Crippen LogP contribution in [0.3, 0.4) is 0 Å². The maximum atomic E-state index is 14.2. The number of carbonyl (C=O) groups is 3. The number of nitrogens with one attached hydrogen (secondary N) is 2. The number of nitrogens with zero attached hydrogens (tertiary/aromatic N) is 1. The predicted octanol–water partition coefficient (Wildman–Crippen LogP) is 0.914. The normalized spacial score (nSPS) is 16.5. The third-order valence-corrected chi connectivity index (χ3v) is 3.46. The Morgan fingerprint density at radius 1 is 1.52 bits per heavy atom. The molecule has 0 bridgehead atoms. The van der Waals surface area contributed by atoms with Gasteiger partial charge in [0.15, 0.2) is 0 Å². The van der Waals surface area contributed by atoms with Gasteiger partial charge in [-0.2, -0.15) is 0 Å². The quantitative estimate of drug-likeness (QED) is 0.506. The molecule has 2 amide bonds. The maximum absolute atomic E-state index is 14.2. The van der Waals surface area contributed by atoms with Gasteiger partial charge in [0.1, 0.15) is 24.8 Å². The van der Waals surface area contributed by atoms with Crippen molar-refractivity contribution in [2.24, 2.45) is 0 Å². The third-order valence-electron chi connectivity index (χ3n) is 3.46. The van der Waals surface area contributed by atoms with Crippen LogP contribution >= 0.6 is 0 Å². The standard InChI is InChI=1S/C16H20FN3O5/c1-11(22)19-9-13-10-20(16(23)25-13)12-2-3-15(14(17)8-12)18-4-6-24-7-5-21/h2-3,5,8,13,18H,4,6-7,9-10H2,1H3,(H,19,22)/t13-/m0/s1. The molecule has 136 valence electrons. The lowest BCUT2D eigenvalue weighted by Crippen LogP contribution is -2.33. The number of aldehydes is 1. The van der Waals surface area contributed by atoms with Crippen LogP contribution in [0.15, 0.2) is 18.2 Å². The molecule has 0 aliphatic carbocycles. The summed E-state index contributed by atoms with van der Waals surface area (Å²) in [5.41, 5.74) is 0.636. The SMILES string of the molecule is CC(=O)NC[C@H]1CN(c2ccc(NCCOCC=O)c(F)c2)C(=O)O1. The highest BCUT2D eigenvalue weighted by atomic mass is 19.1. The zero-order valence-electron chi connectivity index (χ0n) is 13.8. The lowest BCUT2D eigenvalue weighted by Gasteiger charge is -2.15. The van der Waals surface area contributed by atoms with Crippen LogP contribution in [0.5, 0.6) is 0 Å². The highest BCUT2D eigenvalue weighted by Crippen LogP contribution is 2.25. The van der Waals surface area contributed by atoms with E-state index in [0.717, 1.165) is 0 Å². The van der Waals surface area contributed by atoms with Crippen LogP contribution in [0, 0.1) is 5.82 Å². The van der Waals surface area contributed by atoms with Crippen molar-refractivity contribution in [3.05, 3.63) is 24.0 Å². The minimum Gasteiger partial charge on any atom is -0.442 e. The highest BCUT2D eigenvalue weighted by molar-refractivity contribution is 5.90. The summed E-state index contributed by atoms with van der Waals surface area (Å²) in [5, 5.41) is 5.42. The second-order valence-corrected chi connectivity index (χ2v) is 5.39. The molecule has 1 saturated heterocycles. The topological polar surface area (TPSA) is 97.0 Å². The van der Waals surface area contributed by atoms with Gasteiger partial charge in [-0.15, -0.1) is 0 Å². The molecule has 2 N–H and O–H groups in total. The summed E-state index contributed by atoms with van der Waals surface area (Å²) in [6, 6.07) is 4.34. The van der Waals surface area contributed by atoms with Crippen molar-refractivity contribution in [3.63, 3.8) is 0 Å². The molecule has 8 nitrogen and oxygen atoms in total. The number of hydrogen-bond acceptors (Lipinski definition) is 6. The third kappa shape index (κ3) is 5.42. The largest absolute Gasteiger partial charge is 0.442 e. The summed E-state index contributed by atoms with van der Waals surface area (Å²) in [6.07, 6.45) is -0.422. The number of cyclic esters (lactones) is 1. The summed E-state index contributed by atoms with van der Waals surface area (Å²) >= 11 is 0. The summed E-state index contributed by atoms with van der Waals surface area (Å²) in [6.45, 7) is 2.42. The second kappa shape index (κ2) is 8.97. The van der Waals surface area contributed by atoms with E-state index in [1.807, 2.05) is 0 Å². The van der Waals surface area contributed by atoms with Gasteiger partial charge < -0.3 is 24.9 Å². The summed E-state index contributed by atoms with van der Waals surface area (Å²) in [4.78, 5) is 34.2. The van der Waals surface area contributed by atoms with Crippen molar-refractivity contribution in [3.8, 4) is 0 Å². The first-order chi connectivity index (χ1) is 12.0. The zero-order valence-corrected chi connectivity index (χ0v) is 13.8. The minimum absolute atomic E-state index is 0.000175. The number of amides is 2. The first kappa shape index (κ1) is 18.7. The number of hydrogen-bond donors (Lipinski definition) is 2. The fourth-order valence-corrected chi connectivity index (χ4v) is 2.30. The van der Waals surface area contributed by atoms with E-state index < -0.39 is 18.0 Å². The Kier molecular flexibility index (Phi) is 6.70. The van der Waals surface area contributed by atoms with Crippen LogP contribution in [0.4, 0.5) is 20.6 Å². The van der Waals surface area contributed by atoms with Gasteiger partial charge >= 0.3 is 6.09 Å². The van der Waals surface area contributed by atoms with Crippen LogP contribution in [0.25, 0.3) is 0 Å².